The van der Waals surface area contributed by atoms with Crippen LogP contribution < -0.4 is 5.32 Å². The summed E-state index contributed by atoms with van der Waals surface area (Å²) in [6.45, 7) is 4.43. The van der Waals surface area contributed by atoms with E-state index in [9.17, 15) is 9.18 Å². The number of hydrogen-bond acceptors (Lipinski definition) is 3. The van der Waals surface area contributed by atoms with Gasteiger partial charge >= 0.3 is 0 Å². The lowest BCUT2D eigenvalue weighted by molar-refractivity contribution is 0.103. The average molecular weight is 379 g/mol. The van der Waals surface area contributed by atoms with Crippen LogP contribution in [0.4, 0.5) is 10.1 Å². The molecular weight excluding hydrogens is 361 g/mol. The summed E-state index contributed by atoms with van der Waals surface area (Å²) in [5.41, 5.74) is 3.66. The number of para-hydroxylation sites is 1. The van der Waals surface area contributed by atoms with Crippen LogP contribution in [0.2, 0.25) is 0 Å². The second-order valence-corrected chi connectivity index (χ2v) is 7.50. The van der Waals surface area contributed by atoms with E-state index in [1.807, 2.05) is 48.9 Å². The molecule has 2 aromatic heterocycles. The quantitative estimate of drug-likeness (QED) is 0.533. The van der Waals surface area contributed by atoms with Crippen LogP contribution in [0.1, 0.15) is 26.5 Å². The molecule has 1 amide bonds. The van der Waals surface area contributed by atoms with Crippen LogP contribution in [0.3, 0.4) is 0 Å². The Bertz CT molecular complexity index is 1130. The van der Waals surface area contributed by atoms with Gasteiger partial charge in [-0.2, -0.15) is 5.10 Å². The molecule has 1 N–H and O–H groups in total. The molecule has 0 spiro atoms. The minimum absolute atomic E-state index is 0.127. The molecule has 2 heterocycles. The summed E-state index contributed by atoms with van der Waals surface area (Å²) in [5, 5.41) is 8.51. The van der Waals surface area contributed by atoms with Crippen LogP contribution in [-0.2, 0) is 6.54 Å². The average Bonchev–Trinajstić information content (AvgIpc) is 3.21. The number of fused-ring (bicyclic) bond motifs is 1. The largest absolute Gasteiger partial charge is 0.321 e. The van der Waals surface area contributed by atoms with Crippen LogP contribution in [0.25, 0.3) is 10.2 Å². The normalized spacial score (nSPS) is 11.1. The summed E-state index contributed by atoms with van der Waals surface area (Å²) in [5.74, 6) is -0.384. The fourth-order valence-corrected chi connectivity index (χ4v) is 4.05. The predicted octanol–water partition coefficient (Wildman–Crippen LogP) is 5.15. The molecular formula is C21H18FN3OS. The van der Waals surface area contributed by atoms with E-state index in [0.29, 0.717) is 11.4 Å². The number of carbonyl (C=O) groups excluding carboxylic acids is 1. The molecule has 0 aliphatic rings. The highest BCUT2D eigenvalue weighted by atomic mass is 32.1. The van der Waals surface area contributed by atoms with E-state index in [1.165, 1.54) is 23.5 Å². The second-order valence-electron chi connectivity index (χ2n) is 6.47. The Kier molecular flexibility index (Phi) is 4.49. The van der Waals surface area contributed by atoms with Crippen LogP contribution in [-0.4, -0.2) is 15.7 Å². The van der Waals surface area contributed by atoms with Gasteiger partial charge in [0.1, 0.15) is 10.6 Å². The lowest BCUT2D eigenvalue weighted by atomic mass is 10.2. The summed E-state index contributed by atoms with van der Waals surface area (Å²) in [6, 6.07) is 16.0. The number of rotatable bonds is 4. The fourth-order valence-electron chi connectivity index (χ4n) is 2.99. The number of carbonyl (C=O) groups is 1. The van der Waals surface area contributed by atoms with Crippen LogP contribution in [0.15, 0.2) is 54.6 Å². The maximum absolute atomic E-state index is 13.1. The zero-order chi connectivity index (χ0) is 19.0. The molecule has 0 saturated carbocycles. The Labute approximate surface area is 160 Å². The first-order valence-corrected chi connectivity index (χ1v) is 9.41. The van der Waals surface area contributed by atoms with Crippen molar-refractivity contribution in [2.75, 3.05) is 5.32 Å². The van der Waals surface area contributed by atoms with E-state index >= 15 is 0 Å². The number of halogens is 1. The summed E-state index contributed by atoms with van der Waals surface area (Å²) < 4.78 is 15.0. The van der Waals surface area contributed by atoms with Crippen molar-refractivity contribution in [3.05, 3.63) is 82.1 Å². The van der Waals surface area contributed by atoms with Gasteiger partial charge < -0.3 is 5.32 Å². The summed E-state index contributed by atoms with van der Waals surface area (Å²) in [6.07, 6.45) is 0. The van der Waals surface area contributed by atoms with Gasteiger partial charge in [-0.15, -0.1) is 11.3 Å². The molecule has 136 valence electrons. The second kappa shape index (κ2) is 6.96. The van der Waals surface area contributed by atoms with E-state index in [0.717, 1.165) is 32.7 Å². The Morgan fingerprint density at radius 2 is 1.89 bits per heavy atom. The van der Waals surface area contributed by atoms with E-state index in [-0.39, 0.29) is 11.7 Å². The van der Waals surface area contributed by atoms with Gasteiger partial charge in [0.25, 0.3) is 5.91 Å². The molecule has 4 aromatic rings. The molecule has 0 fully saturated rings. The Morgan fingerprint density at radius 1 is 1.15 bits per heavy atom. The maximum Gasteiger partial charge on any atom is 0.265 e. The van der Waals surface area contributed by atoms with Gasteiger partial charge in [-0.25, -0.2) is 4.39 Å². The number of aryl methyl sites for hydroxylation is 2. The fraction of sp³-hybridized carbons (Fsp3) is 0.143. The molecule has 27 heavy (non-hydrogen) atoms. The van der Waals surface area contributed by atoms with Crippen molar-refractivity contribution in [2.45, 2.75) is 20.4 Å². The maximum atomic E-state index is 13.1. The van der Waals surface area contributed by atoms with Gasteiger partial charge in [0.2, 0.25) is 0 Å². The van der Waals surface area contributed by atoms with Crippen molar-refractivity contribution in [1.29, 1.82) is 0 Å². The van der Waals surface area contributed by atoms with Crippen molar-refractivity contribution in [3.8, 4) is 0 Å². The summed E-state index contributed by atoms with van der Waals surface area (Å²) >= 11 is 1.41. The molecule has 2 aromatic carbocycles. The zero-order valence-electron chi connectivity index (χ0n) is 15.0. The highest BCUT2D eigenvalue weighted by Gasteiger charge is 2.17. The molecule has 0 aliphatic heterocycles. The zero-order valence-corrected chi connectivity index (χ0v) is 15.8. The lowest BCUT2D eigenvalue weighted by Crippen LogP contribution is -2.11. The molecule has 4 rings (SSSR count). The number of anilines is 1. The van der Waals surface area contributed by atoms with Gasteiger partial charge in [0.05, 0.1) is 17.1 Å². The third kappa shape index (κ3) is 3.48. The molecule has 0 saturated heterocycles. The number of aromatic nitrogens is 2. The van der Waals surface area contributed by atoms with Crippen molar-refractivity contribution in [1.82, 2.24) is 9.78 Å². The Balaban J connectivity index is 1.63. The van der Waals surface area contributed by atoms with E-state index in [4.69, 9.17) is 0 Å². The number of amides is 1. The molecule has 0 bridgehead atoms. The number of hydrogen-bond donors (Lipinski definition) is 1. The minimum atomic E-state index is -0.258. The molecule has 0 aliphatic carbocycles. The molecule has 0 unspecified atom stereocenters. The SMILES string of the molecule is Cc1ccccc1NC(=O)c1cc2c(C)nn(Cc3ccc(F)cc3)c2s1. The third-order valence-corrected chi connectivity index (χ3v) is 5.62. The van der Waals surface area contributed by atoms with Crippen molar-refractivity contribution in [3.63, 3.8) is 0 Å². The summed E-state index contributed by atoms with van der Waals surface area (Å²) in [7, 11) is 0. The predicted molar refractivity (Wildman–Crippen MR) is 107 cm³/mol. The highest BCUT2D eigenvalue weighted by molar-refractivity contribution is 7.20. The first-order chi connectivity index (χ1) is 13.0. The minimum Gasteiger partial charge on any atom is -0.321 e. The monoisotopic (exact) mass is 379 g/mol. The van der Waals surface area contributed by atoms with E-state index in [2.05, 4.69) is 10.4 Å². The van der Waals surface area contributed by atoms with Crippen LogP contribution in [0, 0.1) is 19.7 Å². The van der Waals surface area contributed by atoms with Crippen molar-refractivity contribution < 1.29 is 9.18 Å². The van der Waals surface area contributed by atoms with E-state index in [1.54, 1.807) is 12.1 Å². The highest BCUT2D eigenvalue weighted by Crippen LogP contribution is 2.29. The van der Waals surface area contributed by atoms with Gasteiger partial charge in [-0.05, 0) is 49.2 Å². The smallest absolute Gasteiger partial charge is 0.265 e. The number of nitrogens with one attached hydrogen (secondary N) is 1. The topological polar surface area (TPSA) is 46.9 Å². The first kappa shape index (κ1) is 17.4. The van der Waals surface area contributed by atoms with Crippen molar-refractivity contribution in [2.24, 2.45) is 0 Å². The standard InChI is InChI=1S/C21H18FN3OS/c1-13-5-3-4-6-18(13)23-20(26)19-11-17-14(2)24-25(21(17)27-19)12-15-7-9-16(22)10-8-15/h3-11H,12H2,1-2H3,(H,23,26). The number of nitrogens with zero attached hydrogens (tertiary/aromatic N) is 2. The van der Waals surface area contributed by atoms with Crippen molar-refractivity contribution >= 4 is 33.1 Å². The molecule has 0 atom stereocenters. The number of benzene rings is 2. The Morgan fingerprint density at radius 3 is 2.63 bits per heavy atom. The van der Waals surface area contributed by atoms with Gasteiger partial charge in [-0.1, -0.05) is 30.3 Å². The Hall–Kier alpha value is -2.99. The van der Waals surface area contributed by atoms with Gasteiger partial charge in [0, 0.05) is 11.1 Å². The molecule has 6 heteroatoms. The van der Waals surface area contributed by atoms with Gasteiger partial charge in [0.15, 0.2) is 0 Å². The van der Waals surface area contributed by atoms with Crippen LogP contribution in [0.5, 0.6) is 0 Å². The molecule has 0 radical (unpaired) electrons. The first-order valence-electron chi connectivity index (χ1n) is 8.59. The molecule has 4 nitrogen and oxygen atoms in total. The van der Waals surface area contributed by atoms with E-state index < -0.39 is 0 Å². The van der Waals surface area contributed by atoms with Gasteiger partial charge in [-0.3, -0.25) is 9.48 Å². The summed E-state index contributed by atoms with van der Waals surface area (Å²) in [4.78, 5) is 14.3. The lowest BCUT2D eigenvalue weighted by Gasteiger charge is -2.06. The number of thiophene rings is 1. The third-order valence-electron chi connectivity index (χ3n) is 4.47. The van der Waals surface area contributed by atoms with Crippen LogP contribution >= 0.6 is 11.3 Å².